The van der Waals surface area contributed by atoms with Crippen molar-refractivity contribution >= 4 is 46.9 Å². The van der Waals surface area contributed by atoms with Crippen molar-refractivity contribution in [2.24, 2.45) is 0 Å². The van der Waals surface area contributed by atoms with Gasteiger partial charge in [-0.05, 0) is 31.0 Å². The van der Waals surface area contributed by atoms with E-state index in [0.29, 0.717) is 10.0 Å². The molecule has 3 rings (SSSR count). The van der Waals surface area contributed by atoms with Crippen molar-refractivity contribution in [1.29, 1.82) is 0 Å². The minimum atomic E-state index is -0.688. The van der Waals surface area contributed by atoms with Gasteiger partial charge in [-0.1, -0.05) is 42.5 Å². The lowest BCUT2D eigenvalue weighted by Crippen LogP contribution is -2.47. The summed E-state index contributed by atoms with van der Waals surface area (Å²) < 4.78 is 0. The van der Waals surface area contributed by atoms with Crippen LogP contribution in [-0.4, -0.2) is 35.5 Å². The van der Waals surface area contributed by atoms with Crippen molar-refractivity contribution in [3.63, 3.8) is 0 Å². The van der Waals surface area contributed by atoms with Gasteiger partial charge < -0.3 is 5.32 Å². The number of imide groups is 2. The van der Waals surface area contributed by atoms with E-state index in [9.17, 15) is 14.4 Å². The van der Waals surface area contributed by atoms with E-state index in [1.165, 1.54) is 18.2 Å². The highest BCUT2D eigenvalue weighted by molar-refractivity contribution is 6.35. The van der Waals surface area contributed by atoms with Crippen LogP contribution in [0, 0.1) is 0 Å². The van der Waals surface area contributed by atoms with E-state index in [1.807, 2.05) is 0 Å². The number of hydrogen-bond donors (Lipinski definition) is 1. The normalized spacial score (nSPS) is 19.1. The predicted octanol–water partition coefficient (Wildman–Crippen LogP) is 3.80. The summed E-state index contributed by atoms with van der Waals surface area (Å²) in [4.78, 5) is 38.9. The third-order valence-electron chi connectivity index (χ3n) is 4.25. The number of halogens is 2. The summed E-state index contributed by atoms with van der Waals surface area (Å²) >= 11 is 11.9. The van der Waals surface area contributed by atoms with E-state index in [4.69, 9.17) is 23.2 Å². The molecule has 1 saturated heterocycles. The second-order valence-electron chi connectivity index (χ2n) is 6.01. The zero-order valence-corrected chi connectivity index (χ0v) is 14.4. The number of rotatable bonds is 2. The van der Waals surface area contributed by atoms with Gasteiger partial charge in [-0.2, -0.15) is 0 Å². The molecular formula is C16H17Cl2N3O3. The zero-order chi connectivity index (χ0) is 17.3. The van der Waals surface area contributed by atoms with Gasteiger partial charge in [0.2, 0.25) is 0 Å². The molecule has 1 aromatic carbocycles. The maximum Gasteiger partial charge on any atom is 0.340 e. The Labute approximate surface area is 149 Å². The molecule has 1 aliphatic carbocycles. The fourth-order valence-electron chi connectivity index (χ4n) is 3.08. The molecule has 6 nitrogen and oxygen atoms in total. The van der Waals surface area contributed by atoms with Crippen LogP contribution in [-0.2, 0) is 4.79 Å². The van der Waals surface area contributed by atoms with Gasteiger partial charge in [0.25, 0.3) is 5.91 Å². The standard InChI is InChI=1S/C16H17Cl2N3O3/c17-10-6-11(18)8-13(7-10)21-14(22)9-20(16(21)24)15(23)19-12-4-2-1-3-5-12/h6-8,12H,1-5,9H2,(H,19,23). The Morgan fingerprint density at radius 1 is 1.04 bits per heavy atom. The fraction of sp³-hybridized carbons (Fsp3) is 0.438. The largest absolute Gasteiger partial charge is 0.340 e. The highest BCUT2D eigenvalue weighted by Gasteiger charge is 2.41. The van der Waals surface area contributed by atoms with Crippen LogP contribution in [0.15, 0.2) is 18.2 Å². The van der Waals surface area contributed by atoms with E-state index in [1.54, 1.807) is 0 Å². The summed E-state index contributed by atoms with van der Waals surface area (Å²) in [5.74, 6) is -0.489. The fourth-order valence-corrected chi connectivity index (χ4v) is 3.60. The molecule has 128 valence electrons. The first-order valence-electron chi connectivity index (χ1n) is 7.87. The van der Waals surface area contributed by atoms with Crippen LogP contribution < -0.4 is 10.2 Å². The van der Waals surface area contributed by atoms with Crippen LogP contribution in [0.2, 0.25) is 10.0 Å². The Hall–Kier alpha value is -1.79. The highest BCUT2D eigenvalue weighted by atomic mass is 35.5. The molecule has 0 aromatic heterocycles. The molecule has 0 bridgehead atoms. The van der Waals surface area contributed by atoms with Crippen molar-refractivity contribution in [2.75, 3.05) is 11.4 Å². The van der Waals surface area contributed by atoms with Crippen molar-refractivity contribution in [3.05, 3.63) is 28.2 Å². The van der Waals surface area contributed by atoms with Gasteiger partial charge in [0.1, 0.15) is 6.54 Å². The molecule has 1 heterocycles. The molecule has 24 heavy (non-hydrogen) atoms. The molecule has 1 aliphatic heterocycles. The minimum absolute atomic E-state index is 0.0591. The summed E-state index contributed by atoms with van der Waals surface area (Å²) in [5, 5.41) is 3.46. The highest BCUT2D eigenvalue weighted by Crippen LogP contribution is 2.28. The Kier molecular flexibility index (Phi) is 4.96. The number of nitrogens with one attached hydrogen (secondary N) is 1. The number of hydrogen-bond acceptors (Lipinski definition) is 3. The second kappa shape index (κ2) is 6.99. The van der Waals surface area contributed by atoms with E-state index in [0.717, 1.165) is 41.9 Å². The molecule has 1 aromatic rings. The third kappa shape index (κ3) is 3.49. The number of nitrogens with zero attached hydrogens (tertiary/aromatic N) is 2. The molecule has 8 heteroatoms. The molecule has 0 spiro atoms. The number of urea groups is 2. The SMILES string of the molecule is O=C(NC1CCCCC1)N1CC(=O)N(c2cc(Cl)cc(Cl)c2)C1=O. The molecular weight excluding hydrogens is 353 g/mol. The quantitative estimate of drug-likeness (QED) is 0.805. The average Bonchev–Trinajstić information content (AvgIpc) is 2.82. The summed E-state index contributed by atoms with van der Waals surface area (Å²) in [6.45, 7) is -0.290. The van der Waals surface area contributed by atoms with Gasteiger partial charge in [-0.3, -0.25) is 4.79 Å². The van der Waals surface area contributed by atoms with E-state index < -0.39 is 18.0 Å². The lowest BCUT2D eigenvalue weighted by atomic mass is 9.96. The van der Waals surface area contributed by atoms with Gasteiger partial charge in [-0.25, -0.2) is 19.4 Å². The second-order valence-corrected chi connectivity index (χ2v) is 6.88. The summed E-state index contributed by atoms with van der Waals surface area (Å²) in [5.41, 5.74) is 0.260. The maximum absolute atomic E-state index is 12.5. The van der Waals surface area contributed by atoms with Crippen molar-refractivity contribution < 1.29 is 14.4 Å². The third-order valence-corrected chi connectivity index (χ3v) is 4.68. The van der Waals surface area contributed by atoms with Gasteiger partial charge in [0, 0.05) is 16.1 Å². The van der Waals surface area contributed by atoms with Crippen molar-refractivity contribution in [2.45, 2.75) is 38.1 Å². The Balaban J connectivity index is 1.74. The summed E-state index contributed by atoms with van der Waals surface area (Å²) in [6, 6.07) is 3.27. The van der Waals surface area contributed by atoms with Gasteiger partial charge in [0.05, 0.1) is 5.69 Å². The number of anilines is 1. The number of carbonyl (C=O) groups excluding carboxylic acids is 3. The first-order chi connectivity index (χ1) is 11.5. The van der Waals surface area contributed by atoms with E-state index >= 15 is 0 Å². The van der Waals surface area contributed by atoms with Crippen LogP contribution in [0.25, 0.3) is 0 Å². The minimum Gasteiger partial charge on any atom is -0.335 e. The molecule has 2 aliphatic rings. The lowest BCUT2D eigenvalue weighted by Gasteiger charge is -2.25. The summed E-state index contributed by atoms with van der Waals surface area (Å²) in [6.07, 6.45) is 5.08. The monoisotopic (exact) mass is 369 g/mol. The van der Waals surface area contributed by atoms with Gasteiger partial charge in [0.15, 0.2) is 0 Å². The van der Waals surface area contributed by atoms with E-state index in [-0.39, 0.29) is 18.3 Å². The van der Waals surface area contributed by atoms with Crippen LogP contribution in [0.5, 0.6) is 0 Å². The predicted molar refractivity (Wildman–Crippen MR) is 91.5 cm³/mol. The maximum atomic E-state index is 12.5. The first-order valence-corrected chi connectivity index (χ1v) is 8.62. The lowest BCUT2D eigenvalue weighted by molar-refractivity contribution is -0.116. The summed E-state index contributed by atoms with van der Waals surface area (Å²) in [7, 11) is 0. The van der Waals surface area contributed by atoms with Crippen molar-refractivity contribution in [3.8, 4) is 0 Å². The van der Waals surface area contributed by atoms with E-state index in [2.05, 4.69) is 5.32 Å². The molecule has 1 N–H and O–H groups in total. The first kappa shape index (κ1) is 17.0. The van der Waals surface area contributed by atoms with Crippen LogP contribution in [0.1, 0.15) is 32.1 Å². The van der Waals surface area contributed by atoms with Gasteiger partial charge in [-0.15, -0.1) is 0 Å². The van der Waals surface area contributed by atoms with Crippen LogP contribution in [0.3, 0.4) is 0 Å². The molecule has 0 atom stereocenters. The Bertz CT molecular complexity index is 669. The Morgan fingerprint density at radius 2 is 1.67 bits per heavy atom. The van der Waals surface area contributed by atoms with Gasteiger partial charge >= 0.3 is 12.1 Å². The van der Waals surface area contributed by atoms with Crippen LogP contribution in [0.4, 0.5) is 15.3 Å². The average molecular weight is 370 g/mol. The molecule has 0 radical (unpaired) electrons. The molecule has 0 unspecified atom stereocenters. The zero-order valence-electron chi connectivity index (χ0n) is 12.9. The number of amides is 5. The molecule has 5 amide bonds. The molecule has 2 fully saturated rings. The van der Waals surface area contributed by atoms with Crippen LogP contribution >= 0.6 is 23.2 Å². The number of carbonyl (C=O) groups is 3. The molecule has 1 saturated carbocycles. The van der Waals surface area contributed by atoms with Crippen molar-refractivity contribution in [1.82, 2.24) is 10.2 Å². The number of benzene rings is 1. The topological polar surface area (TPSA) is 69.7 Å². The smallest absolute Gasteiger partial charge is 0.335 e. The Morgan fingerprint density at radius 3 is 2.29 bits per heavy atom.